The first-order chi connectivity index (χ1) is 8.72. The van der Waals surface area contributed by atoms with Crippen LogP contribution in [0.4, 0.5) is 0 Å². The molecule has 0 aliphatic heterocycles. The van der Waals surface area contributed by atoms with Crippen LogP contribution in [0.3, 0.4) is 0 Å². The summed E-state index contributed by atoms with van der Waals surface area (Å²) in [5.74, 6) is 4.78. The SMILES string of the molecule is NNC(=O)CCCn1c(=O)ccc2ccccc21. The van der Waals surface area contributed by atoms with Crippen molar-refractivity contribution >= 4 is 16.8 Å². The van der Waals surface area contributed by atoms with Gasteiger partial charge in [0.1, 0.15) is 0 Å². The number of carbonyl (C=O) groups excluding carboxylic acids is 1. The van der Waals surface area contributed by atoms with E-state index in [0.29, 0.717) is 19.4 Å². The quantitative estimate of drug-likeness (QED) is 0.474. The molecular weight excluding hydrogens is 230 g/mol. The molecule has 0 bridgehead atoms. The van der Waals surface area contributed by atoms with Gasteiger partial charge in [-0.2, -0.15) is 0 Å². The van der Waals surface area contributed by atoms with E-state index in [0.717, 1.165) is 10.9 Å². The summed E-state index contributed by atoms with van der Waals surface area (Å²) in [6.45, 7) is 0.508. The summed E-state index contributed by atoms with van der Waals surface area (Å²) >= 11 is 0. The average Bonchev–Trinajstić information content (AvgIpc) is 2.41. The Morgan fingerprint density at radius 2 is 2.00 bits per heavy atom. The first kappa shape index (κ1) is 12.3. The molecule has 0 aliphatic rings. The Morgan fingerprint density at radius 3 is 2.78 bits per heavy atom. The summed E-state index contributed by atoms with van der Waals surface area (Å²) in [4.78, 5) is 22.8. The number of rotatable bonds is 4. The minimum absolute atomic E-state index is 0.0538. The zero-order valence-electron chi connectivity index (χ0n) is 9.93. The molecule has 1 heterocycles. The van der Waals surface area contributed by atoms with E-state index in [1.165, 1.54) is 0 Å². The largest absolute Gasteiger partial charge is 0.308 e. The maximum Gasteiger partial charge on any atom is 0.251 e. The zero-order chi connectivity index (χ0) is 13.0. The number of aryl methyl sites for hydroxylation is 1. The Hall–Kier alpha value is -2.14. The average molecular weight is 245 g/mol. The maximum absolute atomic E-state index is 11.8. The van der Waals surface area contributed by atoms with Gasteiger partial charge in [-0.05, 0) is 23.9 Å². The van der Waals surface area contributed by atoms with E-state index in [2.05, 4.69) is 5.43 Å². The molecule has 94 valence electrons. The van der Waals surface area contributed by atoms with Crippen LogP contribution < -0.4 is 16.8 Å². The summed E-state index contributed by atoms with van der Waals surface area (Å²) in [6, 6.07) is 11.0. The maximum atomic E-state index is 11.8. The molecule has 1 amide bonds. The minimum Gasteiger partial charge on any atom is -0.308 e. The fraction of sp³-hybridized carbons (Fsp3) is 0.231. The highest BCUT2D eigenvalue weighted by atomic mass is 16.2. The second kappa shape index (κ2) is 5.46. The van der Waals surface area contributed by atoms with E-state index in [-0.39, 0.29) is 11.5 Å². The fourth-order valence-corrected chi connectivity index (χ4v) is 1.94. The van der Waals surface area contributed by atoms with Crippen LogP contribution in [0.25, 0.3) is 10.9 Å². The lowest BCUT2D eigenvalue weighted by Gasteiger charge is -2.09. The Balaban J connectivity index is 2.24. The number of fused-ring (bicyclic) bond motifs is 1. The van der Waals surface area contributed by atoms with E-state index < -0.39 is 0 Å². The number of nitrogens with two attached hydrogens (primary N) is 1. The van der Waals surface area contributed by atoms with Crippen LogP contribution in [0.1, 0.15) is 12.8 Å². The molecule has 0 radical (unpaired) electrons. The van der Waals surface area contributed by atoms with Gasteiger partial charge in [0.05, 0.1) is 5.52 Å². The van der Waals surface area contributed by atoms with Gasteiger partial charge in [-0.25, -0.2) is 5.84 Å². The Bertz CT molecular complexity index is 619. The molecule has 3 N–H and O–H groups in total. The smallest absolute Gasteiger partial charge is 0.251 e. The molecule has 2 aromatic rings. The van der Waals surface area contributed by atoms with Crippen LogP contribution in [-0.4, -0.2) is 10.5 Å². The lowest BCUT2D eigenvalue weighted by molar-refractivity contribution is -0.121. The second-order valence-corrected chi connectivity index (χ2v) is 4.05. The van der Waals surface area contributed by atoms with Crippen molar-refractivity contribution in [1.82, 2.24) is 9.99 Å². The zero-order valence-corrected chi connectivity index (χ0v) is 9.93. The minimum atomic E-state index is -0.219. The molecule has 1 aromatic carbocycles. The van der Waals surface area contributed by atoms with Gasteiger partial charge in [0, 0.05) is 19.0 Å². The van der Waals surface area contributed by atoms with E-state index in [4.69, 9.17) is 5.84 Å². The van der Waals surface area contributed by atoms with Gasteiger partial charge in [0.15, 0.2) is 0 Å². The van der Waals surface area contributed by atoms with E-state index >= 15 is 0 Å². The van der Waals surface area contributed by atoms with Crippen molar-refractivity contribution in [3.05, 3.63) is 46.8 Å². The molecule has 18 heavy (non-hydrogen) atoms. The Kier molecular flexibility index (Phi) is 3.74. The molecule has 0 saturated carbocycles. The van der Waals surface area contributed by atoms with E-state index in [1.54, 1.807) is 16.7 Å². The van der Waals surface area contributed by atoms with Gasteiger partial charge in [-0.15, -0.1) is 0 Å². The number of nitrogens with one attached hydrogen (secondary N) is 1. The van der Waals surface area contributed by atoms with Gasteiger partial charge in [-0.1, -0.05) is 18.2 Å². The molecular formula is C13H15N3O2. The highest BCUT2D eigenvalue weighted by molar-refractivity contribution is 5.78. The van der Waals surface area contributed by atoms with Crippen molar-refractivity contribution < 1.29 is 4.79 Å². The number of hydrogen-bond acceptors (Lipinski definition) is 3. The van der Waals surface area contributed by atoms with Gasteiger partial charge < -0.3 is 4.57 Å². The van der Waals surface area contributed by atoms with E-state index in [9.17, 15) is 9.59 Å². The van der Waals surface area contributed by atoms with Gasteiger partial charge in [0.25, 0.3) is 5.56 Å². The standard InChI is InChI=1S/C13H15N3O2/c14-15-12(17)6-3-9-16-11-5-2-1-4-10(11)7-8-13(16)18/h1-2,4-5,7-8H,3,6,9,14H2,(H,15,17). The number of carbonyl (C=O) groups is 1. The summed E-state index contributed by atoms with van der Waals surface area (Å²) in [7, 11) is 0. The highest BCUT2D eigenvalue weighted by Gasteiger charge is 2.03. The van der Waals surface area contributed by atoms with Crippen molar-refractivity contribution in [2.45, 2.75) is 19.4 Å². The van der Waals surface area contributed by atoms with E-state index in [1.807, 2.05) is 24.3 Å². The third-order valence-electron chi connectivity index (χ3n) is 2.85. The predicted octanol–water partition coefficient (Wildman–Crippen LogP) is 0.772. The van der Waals surface area contributed by atoms with Crippen LogP contribution in [0, 0.1) is 0 Å². The van der Waals surface area contributed by atoms with Crippen LogP contribution in [0.5, 0.6) is 0 Å². The fourth-order valence-electron chi connectivity index (χ4n) is 1.94. The predicted molar refractivity (Wildman–Crippen MR) is 69.8 cm³/mol. The molecule has 0 atom stereocenters. The van der Waals surface area contributed by atoms with Crippen molar-refractivity contribution in [3.63, 3.8) is 0 Å². The number of pyridine rings is 1. The van der Waals surface area contributed by atoms with Gasteiger partial charge in [-0.3, -0.25) is 15.0 Å². The van der Waals surface area contributed by atoms with Crippen molar-refractivity contribution in [3.8, 4) is 0 Å². The molecule has 0 spiro atoms. The summed E-state index contributed by atoms with van der Waals surface area (Å²) in [6.07, 6.45) is 0.892. The normalized spacial score (nSPS) is 10.5. The molecule has 5 heteroatoms. The Morgan fingerprint density at radius 1 is 1.22 bits per heavy atom. The molecule has 0 unspecified atom stereocenters. The first-order valence-electron chi connectivity index (χ1n) is 5.80. The number of nitrogens with zero attached hydrogens (tertiary/aromatic N) is 1. The van der Waals surface area contributed by atoms with Crippen molar-refractivity contribution in [1.29, 1.82) is 0 Å². The molecule has 5 nitrogen and oxygen atoms in total. The second-order valence-electron chi connectivity index (χ2n) is 4.05. The van der Waals surface area contributed by atoms with Crippen LogP contribution in [-0.2, 0) is 11.3 Å². The third-order valence-corrected chi connectivity index (χ3v) is 2.85. The molecule has 0 saturated heterocycles. The number of hydrogen-bond donors (Lipinski definition) is 2. The van der Waals surface area contributed by atoms with Crippen LogP contribution in [0.15, 0.2) is 41.2 Å². The summed E-state index contributed by atoms with van der Waals surface area (Å²) in [5.41, 5.74) is 2.91. The summed E-state index contributed by atoms with van der Waals surface area (Å²) < 4.78 is 1.68. The number of benzene rings is 1. The monoisotopic (exact) mass is 245 g/mol. The number of para-hydroxylation sites is 1. The molecule has 1 aromatic heterocycles. The van der Waals surface area contributed by atoms with Gasteiger partial charge in [0.2, 0.25) is 5.91 Å². The Labute approximate surface area is 104 Å². The third kappa shape index (κ3) is 2.57. The number of hydrazine groups is 1. The molecule has 2 rings (SSSR count). The summed E-state index contributed by atoms with van der Waals surface area (Å²) in [5, 5.41) is 1.01. The van der Waals surface area contributed by atoms with Crippen molar-refractivity contribution in [2.75, 3.05) is 0 Å². The highest BCUT2D eigenvalue weighted by Crippen LogP contribution is 2.11. The van der Waals surface area contributed by atoms with Crippen LogP contribution in [0.2, 0.25) is 0 Å². The van der Waals surface area contributed by atoms with Crippen molar-refractivity contribution in [2.24, 2.45) is 5.84 Å². The lowest BCUT2D eigenvalue weighted by atomic mass is 10.2. The number of aromatic nitrogens is 1. The molecule has 0 aliphatic carbocycles. The topological polar surface area (TPSA) is 77.1 Å². The number of amides is 1. The van der Waals surface area contributed by atoms with Gasteiger partial charge >= 0.3 is 0 Å². The molecule has 0 fully saturated rings. The lowest BCUT2D eigenvalue weighted by Crippen LogP contribution is -2.30. The van der Waals surface area contributed by atoms with Crippen LogP contribution >= 0.6 is 0 Å². The first-order valence-corrected chi connectivity index (χ1v) is 5.80.